The van der Waals surface area contributed by atoms with Gasteiger partial charge in [0.2, 0.25) is 0 Å². The lowest BCUT2D eigenvalue weighted by Crippen LogP contribution is -2.36. The molecule has 0 aliphatic carbocycles. The molecule has 3 heteroatoms. The zero-order valence-corrected chi connectivity index (χ0v) is 10.1. The Morgan fingerprint density at radius 3 is 2.93 bits per heavy atom. The summed E-state index contributed by atoms with van der Waals surface area (Å²) in [6.45, 7) is 4.08. The van der Waals surface area contributed by atoms with Gasteiger partial charge < -0.3 is 10.1 Å². The van der Waals surface area contributed by atoms with Crippen molar-refractivity contribution in [1.82, 2.24) is 5.32 Å². The van der Waals surface area contributed by atoms with Crippen molar-refractivity contribution in [2.45, 2.75) is 38.3 Å². The highest BCUT2D eigenvalue weighted by molar-refractivity contribution is 7.10. The zero-order valence-electron chi connectivity index (χ0n) is 9.24. The van der Waals surface area contributed by atoms with Gasteiger partial charge in [-0.1, -0.05) is 13.0 Å². The van der Waals surface area contributed by atoms with E-state index in [9.17, 15) is 0 Å². The van der Waals surface area contributed by atoms with E-state index in [2.05, 4.69) is 29.8 Å². The smallest absolute Gasteiger partial charge is 0.0480 e. The van der Waals surface area contributed by atoms with Gasteiger partial charge in [-0.15, -0.1) is 11.3 Å². The molecular weight excluding hydrogens is 206 g/mol. The lowest BCUT2D eigenvalue weighted by molar-refractivity contribution is 0.0748. The topological polar surface area (TPSA) is 21.3 Å². The summed E-state index contributed by atoms with van der Waals surface area (Å²) in [5.74, 6) is 0. The van der Waals surface area contributed by atoms with Crippen LogP contribution < -0.4 is 5.32 Å². The predicted molar refractivity (Wildman–Crippen MR) is 64.3 cm³/mol. The summed E-state index contributed by atoms with van der Waals surface area (Å²) in [6.07, 6.45) is 3.47. The van der Waals surface area contributed by atoms with E-state index < -0.39 is 0 Å². The van der Waals surface area contributed by atoms with Crippen LogP contribution in [0.15, 0.2) is 17.5 Å². The van der Waals surface area contributed by atoms with Gasteiger partial charge in [0.1, 0.15) is 0 Å². The van der Waals surface area contributed by atoms with Gasteiger partial charge in [-0.25, -0.2) is 0 Å². The normalized spacial score (nSPS) is 20.3. The second kappa shape index (κ2) is 5.64. The van der Waals surface area contributed by atoms with E-state index in [4.69, 9.17) is 4.74 Å². The van der Waals surface area contributed by atoms with Crippen molar-refractivity contribution in [3.63, 3.8) is 0 Å². The van der Waals surface area contributed by atoms with E-state index in [1.807, 2.05) is 11.3 Å². The molecule has 0 aromatic carbocycles. The van der Waals surface area contributed by atoms with Gasteiger partial charge in [-0.3, -0.25) is 0 Å². The first-order valence-corrected chi connectivity index (χ1v) is 6.65. The lowest BCUT2D eigenvalue weighted by atomic mass is 10.1. The maximum absolute atomic E-state index is 5.37. The first-order valence-electron chi connectivity index (χ1n) is 5.77. The summed E-state index contributed by atoms with van der Waals surface area (Å²) in [7, 11) is 0. The lowest BCUT2D eigenvalue weighted by Gasteiger charge is -2.27. The maximum atomic E-state index is 5.37. The van der Waals surface area contributed by atoms with Crippen molar-refractivity contribution in [2.24, 2.45) is 0 Å². The molecule has 2 rings (SSSR count). The minimum absolute atomic E-state index is 0.535. The number of nitrogens with one attached hydrogen (secondary N) is 1. The molecule has 0 saturated carbocycles. The van der Waals surface area contributed by atoms with E-state index in [1.54, 1.807) is 0 Å². The van der Waals surface area contributed by atoms with Crippen LogP contribution in [0.1, 0.15) is 37.1 Å². The van der Waals surface area contributed by atoms with Crippen molar-refractivity contribution < 1.29 is 4.74 Å². The summed E-state index contributed by atoms with van der Waals surface area (Å²) < 4.78 is 5.37. The minimum Gasteiger partial charge on any atom is -0.381 e. The van der Waals surface area contributed by atoms with E-state index in [-0.39, 0.29) is 0 Å². The average Bonchev–Trinajstić information content (AvgIpc) is 2.81. The van der Waals surface area contributed by atoms with Crippen molar-refractivity contribution >= 4 is 11.3 Å². The van der Waals surface area contributed by atoms with E-state index in [0.29, 0.717) is 12.1 Å². The van der Waals surface area contributed by atoms with Gasteiger partial charge in [-0.05, 0) is 30.7 Å². The van der Waals surface area contributed by atoms with Gasteiger partial charge in [0, 0.05) is 30.2 Å². The number of rotatable bonds is 4. The van der Waals surface area contributed by atoms with Crippen molar-refractivity contribution in [3.8, 4) is 0 Å². The molecule has 2 heterocycles. The summed E-state index contributed by atoms with van der Waals surface area (Å²) in [5, 5.41) is 5.89. The zero-order chi connectivity index (χ0) is 10.5. The molecule has 1 fully saturated rings. The van der Waals surface area contributed by atoms with Crippen molar-refractivity contribution in [2.75, 3.05) is 13.2 Å². The maximum Gasteiger partial charge on any atom is 0.0480 e. The van der Waals surface area contributed by atoms with Gasteiger partial charge in [0.25, 0.3) is 0 Å². The van der Waals surface area contributed by atoms with E-state index in [1.165, 1.54) is 4.88 Å². The largest absolute Gasteiger partial charge is 0.381 e. The Hall–Kier alpha value is -0.380. The Morgan fingerprint density at radius 2 is 2.33 bits per heavy atom. The highest BCUT2D eigenvalue weighted by Crippen LogP contribution is 2.23. The molecule has 0 bridgehead atoms. The SMILES string of the molecule is CCC(NC1CCOCC1)c1cccs1. The van der Waals surface area contributed by atoms with Gasteiger partial charge in [0.05, 0.1) is 0 Å². The quantitative estimate of drug-likeness (QED) is 0.850. The summed E-state index contributed by atoms with van der Waals surface area (Å²) in [6, 6.07) is 5.54. The van der Waals surface area contributed by atoms with Crippen LogP contribution in [0.4, 0.5) is 0 Å². The van der Waals surface area contributed by atoms with Crippen LogP contribution in [0.5, 0.6) is 0 Å². The van der Waals surface area contributed by atoms with E-state index in [0.717, 1.165) is 32.5 Å². The molecule has 84 valence electrons. The van der Waals surface area contributed by atoms with Crippen molar-refractivity contribution in [1.29, 1.82) is 0 Å². The molecule has 0 radical (unpaired) electrons. The number of hydrogen-bond acceptors (Lipinski definition) is 3. The van der Waals surface area contributed by atoms with Crippen LogP contribution in [-0.2, 0) is 4.74 Å². The number of hydrogen-bond donors (Lipinski definition) is 1. The molecule has 1 unspecified atom stereocenters. The first-order chi connectivity index (χ1) is 7.40. The average molecular weight is 225 g/mol. The molecule has 0 amide bonds. The molecule has 1 aliphatic heterocycles. The van der Waals surface area contributed by atoms with Crippen LogP contribution in [0.3, 0.4) is 0 Å². The summed E-state index contributed by atoms with van der Waals surface area (Å²) >= 11 is 1.85. The first kappa shape index (κ1) is 11.1. The molecule has 1 aromatic rings. The fraction of sp³-hybridized carbons (Fsp3) is 0.667. The Morgan fingerprint density at radius 1 is 1.53 bits per heavy atom. The molecule has 1 atom stereocenters. The number of ether oxygens (including phenoxy) is 1. The highest BCUT2D eigenvalue weighted by atomic mass is 32.1. The Kier molecular flexibility index (Phi) is 4.18. The third-order valence-electron chi connectivity index (χ3n) is 2.95. The van der Waals surface area contributed by atoms with Crippen LogP contribution in [0.2, 0.25) is 0 Å². The van der Waals surface area contributed by atoms with Gasteiger partial charge in [-0.2, -0.15) is 0 Å². The second-order valence-electron chi connectivity index (χ2n) is 4.03. The third-order valence-corrected chi connectivity index (χ3v) is 3.94. The third kappa shape index (κ3) is 3.03. The highest BCUT2D eigenvalue weighted by Gasteiger charge is 2.18. The fourth-order valence-electron chi connectivity index (χ4n) is 2.04. The van der Waals surface area contributed by atoms with Crippen LogP contribution in [0.25, 0.3) is 0 Å². The molecule has 1 N–H and O–H groups in total. The standard InChI is InChI=1S/C12H19NOS/c1-2-11(12-4-3-9-15-12)13-10-5-7-14-8-6-10/h3-4,9-11,13H,2,5-8H2,1H3. The Labute approximate surface area is 95.6 Å². The molecule has 0 spiro atoms. The fourth-order valence-corrected chi connectivity index (χ4v) is 2.91. The van der Waals surface area contributed by atoms with E-state index >= 15 is 0 Å². The molecule has 2 nitrogen and oxygen atoms in total. The molecule has 1 aliphatic rings. The van der Waals surface area contributed by atoms with Gasteiger partial charge >= 0.3 is 0 Å². The van der Waals surface area contributed by atoms with Crippen molar-refractivity contribution in [3.05, 3.63) is 22.4 Å². The predicted octanol–water partition coefficient (Wildman–Crippen LogP) is 2.97. The van der Waals surface area contributed by atoms with Crippen LogP contribution >= 0.6 is 11.3 Å². The molecule has 1 aromatic heterocycles. The molecular formula is C12H19NOS. The Bertz CT molecular complexity index is 267. The molecule has 15 heavy (non-hydrogen) atoms. The number of thiophene rings is 1. The molecule has 1 saturated heterocycles. The van der Waals surface area contributed by atoms with Crippen LogP contribution in [-0.4, -0.2) is 19.3 Å². The second-order valence-corrected chi connectivity index (χ2v) is 5.01. The minimum atomic E-state index is 0.535. The summed E-state index contributed by atoms with van der Waals surface area (Å²) in [4.78, 5) is 1.46. The Balaban J connectivity index is 1.90. The van der Waals surface area contributed by atoms with Crippen LogP contribution in [0, 0.1) is 0 Å². The van der Waals surface area contributed by atoms with Gasteiger partial charge in [0.15, 0.2) is 0 Å². The monoisotopic (exact) mass is 225 g/mol. The summed E-state index contributed by atoms with van der Waals surface area (Å²) in [5.41, 5.74) is 0.